The number of carbonyl (C=O) groups excluding carboxylic acids is 1. The van der Waals surface area contributed by atoms with E-state index in [0.717, 1.165) is 0 Å². The van der Waals surface area contributed by atoms with Crippen molar-refractivity contribution in [2.24, 2.45) is 0 Å². The van der Waals surface area contributed by atoms with E-state index in [9.17, 15) is 14.7 Å². The number of rotatable bonds is 3. The summed E-state index contributed by atoms with van der Waals surface area (Å²) in [5, 5.41) is 26.9. The van der Waals surface area contributed by atoms with Crippen molar-refractivity contribution in [2.75, 3.05) is 0 Å². The van der Waals surface area contributed by atoms with Gasteiger partial charge in [-0.3, -0.25) is 4.79 Å². The van der Waals surface area contributed by atoms with E-state index in [4.69, 9.17) is 10.4 Å². The highest BCUT2D eigenvalue weighted by atomic mass is 16.4. The Labute approximate surface area is 91.6 Å². The summed E-state index contributed by atoms with van der Waals surface area (Å²) in [7, 11) is 0. The number of nitriles is 1. The van der Waals surface area contributed by atoms with Crippen LogP contribution < -0.4 is 0 Å². The molecule has 1 rings (SSSR count). The number of carbonyl (C=O) groups is 2. The molecule has 1 aromatic rings. The fraction of sp³-hybridized carbons (Fsp3) is 0.182. The van der Waals surface area contributed by atoms with Gasteiger partial charge in [-0.25, -0.2) is 4.79 Å². The van der Waals surface area contributed by atoms with Crippen LogP contribution in [0, 0.1) is 18.3 Å². The van der Waals surface area contributed by atoms with Crippen LogP contribution in [0.4, 0.5) is 0 Å². The Bertz CT molecular complexity index is 487. The monoisotopic (exact) mass is 219 g/mol. The van der Waals surface area contributed by atoms with Crippen molar-refractivity contribution in [1.82, 2.24) is 0 Å². The van der Waals surface area contributed by atoms with Gasteiger partial charge in [-0.05, 0) is 24.6 Å². The summed E-state index contributed by atoms with van der Waals surface area (Å²) in [5.41, 5.74) is 0.698. The molecule has 0 aromatic heterocycles. The molecule has 0 fully saturated rings. The van der Waals surface area contributed by atoms with E-state index >= 15 is 0 Å². The van der Waals surface area contributed by atoms with Gasteiger partial charge in [0.05, 0.1) is 11.6 Å². The van der Waals surface area contributed by atoms with Gasteiger partial charge < -0.3 is 10.2 Å². The summed E-state index contributed by atoms with van der Waals surface area (Å²) in [5.74, 6) is -1.43. The molecule has 0 radical (unpaired) electrons. The molecule has 1 aromatic carbocycles. The van der Waals surface area contributed by atoms with Crippen LogP contribution in [0.15, 0.2) is 12.1 Å². The normalized spacial score (nSPS) is 11.6. The van der Waals surface area contributed by atoms with E-state index in [1.54, 1.807) is 6.07 Å². The summed E-state index contributed by atoms with van der Waals surface area (Å²) < 4.78 is 0. The number of aliphatic hydroxyl groups excluding tert-OH is 1. The molecule has 0 saturated carbocycles. The second-order valence-corrected chi connectivity index (χ2v) is 3.27. The minimum atomic E-state index is -1.75. The zero-order valence-electron chi connectivity index (χ0n) is 8.47. The number of benzene rings is 1. The molecule has 0 aliphatic rings. The second-order valence-electron chi connectivity index (χ2n) is 3.27. The standard InChI is InChI=1S/C11H9NO4/c1-6-2-7(5-13)3-8(4-12)9(6)10(14)11(15)16/h2-3,5,10,14H,1H3,(H,15,16). The third-order valence-electron chi connectivity index (χ3n) is 2.17. The number of aliphatic hydroxyl groups is 1. The Kier molecular flexibility index (Phi) is 3.38. The fourth-order valence-corrected chi connectivity index (χ4v) is 1.47. The van der Waals surface area contributed by atoms with Crippen LogP contribution in [-0.2, 0) is 4.79 Å². The summed E-state index contributed by atoms with van der Waals surface area (Å²) in [6.45, 7) is 1.54. The largest absolute Gasteiger partial charge is 0.479 e. The van der Waals surface area contributed by atoms with Gasteiger partial charge in [-0.1, -0.05) is 0 Å². The van der Waals surface area contributed by atoms with E-state index in [-0.39, 0.29) is 16.7 Å². The van der Waals surface area contributed by atoms with E-state index in [0.29, 0.717) is 11.8 Å². The van der Waals surface area contributed by atoms with Crippen molar-refractivity contribution in [3.63, 3.8) is 0 Å². The van der Waals surface area contributed by atoms with E-state index in [1.165, 1.54) is 19.1 Å². The Morgan fingerprint density at radius 1 is 1.56 bits per heavy atom. The van der Waals surface area contributed by atoms with Gasteiger partial charge in [0.2, 0.25) is 0 Å². The molecule has 0 aliphatic heterocycles. The van der Waals surface area contributed by atoms with E-state index in [1.807, 2.05) is 0 Å². The third-order valence-corrected chi connectivity index (χ3v) is 2.17. The quantitative estimate of drug-likeness (QED) is 0.732. The van der Waals surface area contributed by atoms with Crippen LogP contribution in [0.1, 0.15) is 33.2 Å². The zero-order valence-corrected chi connectivity index (χ0v) is 8.47. The lowest BCUT2D eigenvalue weighted by molar-refractivity contribution is -0.147. The number of nitrogens with zero attached hydrogens (tertiary/aromatic N) is 1. The molecule has 1 atom stereocenters. The van der Waals surface area contributed by atoms with Gasteiger partial charge in [0, 0.05) is 11.1 Å². The predicted octanol–water partition coefficient (Wildman–Crippen LogP) is 0.797. The Morgan fingerprint density at radius 3 is 2.62 bits per heavy atom. The number of carboxylic acid groups (broad SMARTS) is 1. The fourth-order valence-electron chi connectivity index (χ4n) is 1.47. The van der Waals surface area contributed by atoms with Crippen molar-refractivity contribution in [2.45, 2.75) is 13.0 Å². The van der Waals surface area contributed by atoms with Gasteiger partial charge in [-0.15, -0.1) is 0 Å². The van der Waals surface area contributed by atoms with Crippen molar-refractivity contribution >= 4 is 12.3 Å². The first kappa shape index (κ1) is 11.9. The minimum Gasteiger partial charge on any atom is -0.479 e. The molecule has 0 amide bonds. The summed E-state index contributed by atoms with van der Waals surface area (Å²) in [6, 6.07) is 4.44. The van der Waals surface area contributed by atoms with Gasteiger partial charge in [0.25, 0.3) is 0 Å². The average molecular weight is 219 g/mol. The maximum Gasteiger partial charge on any atom is 0.337 e. The van der Waals surface area contributed by atoms with Crippen LogP contribution in [0.5, 0.6) is 0 Å². The smallest absolute Gasteiger partial charge is 0.337 e. The topological polar surface area (TPSA) is 98.4 Å². The Balaban J connectivity index is 3.45. The summed E-state index contributed by atoms with van der Waals surface area (Å²) in [4.78, 5) is 21.2. The first-order valence-corrected chi connectivity index (χ1v) is 4.42. The molecule has 0 heterocycles. The Hall–Kier alpha value is -2.19. The number of aryl methyl sites for hydroxylation is 1. The van der Waals surface area contributed by atoms with Crippen molar-refractivity contribution in [3.05, 3.63) is 34.4 Å². The molecule has 5 nitrogen and oxygen atoms in total. The molecular formula is C11H9NO4. The molecule has 0 aliphatic carbocycles. The highest BCUT2D eigenvalue weighted by Crippen LogP contribution is 2.23. The van der Waals surface area contributed by atoms with Gasteiger partial charge in [-0.2, -0.15) is 5.26 Å². The SMILES string of the molecule is Cc1cc(C=O)cc(C#N)c1C(O)C(=O)O. The zero-order chi connectivity index (χ0) is 12.3. The van der Waals surface area contributed by atoms with Gasteiger partial charge in [0.1, 0.15) is 6.29 Å². The summed E-state index contributed by atoms with van der Waals surface area (Å²) >= 11 is 0. The highest BCUT2D eigenvalue weighted by molar-refractivity contribution is 5.80. The lowest BCUT2D eigenvalue weighted by Crippen LogP contribution is -2.14. The van der Waals surface area contributed by atoms with Crippen LogP contribution in [-0.4, -0.2) is 22.5 Å². The third kappa shape index (κ3) is 2.07. The molecule has 5 heteroatoms. The molecule has 0 bridgehead atoms. The van der Waals surface area contributed by atoms with E-state index in [2.05, 4.69) is 0 Å². The van der Waals surface area contributed by atoms with Crippen LogP contribution in [0.25, 0.3) is 0 Å². The number of aldehydes is 1. The maximum absolute atomic E-state index is 10.6. The number of carboxylic acids is 1. The lowest BCUT2D eigenvalue weighted by atomic mass is 9.95. The van der Waals surface area contributed by atoms with Crippen molar-refractivity contribution in [3.8, 4) is 6.07 Å². The lowest BCUT2D eigenvalue weighted by Gasteiger charge is -2.11. The van der Waals surface area contributed by atoms with Crippen LogP contribution in [0.3, 0.4) is 0 Å². The number of hydrogen-bond acceptors (Lipinski definition) is 4. The number of aliphatic carboxylic acids is 1. The van der Waals surface area contributed by atoms with Gasteiger partial charge >= 0.3 is 5.97 Å². The molecule has 0 spiro atoms. The molecular weight excluding hydrogens is 210 g/mol. The van der Waals surface area contributed by atoms with Crippen LogP contribution >= 0.6 is 0 Å². The van der Waals surface area contributed by atoms with Gasteiger partial charge in [0.15, 0.2) is 6.10 Å². The molecule has 2 N–H and O–H groups in total. The highest BCUT2D eigenvalue weighted by Gasteiger charge is 2.22. The second kappa shape index (κ2) is 4.55. The Morgan fingerprint density at radius 2 is 2.19 bits per heavy atom. The average Bonchev–Trinajstić information content (AvgIpc) is 2.26. The molecule has 1 unspecified atom stereocenters. The maximum atomic E-state index is 10.6. The molecule has 82 valence electrons. The predicted molar refractivity (Wildman–Crippen MR) is 53.9 cm³/mol. The van der Waals surface area contributed by atoms with Crippen molar-refractivity contribution in [1.29, 1.82) is 5.26 Å². The first-order chi connectivity index (χ1) is 7.51. The molecule has 16 heavy (non-hydrogen) atoms. The van der Waals surface area contributed by atoms with E-state index < -0.39 is 12.1 Å². The first-order valence-electron chi connectivity index (χ1n) is 4.42. The minimum absolute atomic E-state index is 0.00278. The van der Waals surface area contributed by atoms with Crippen LogP contribution in [0.2, 0.25) is 0 Å². The summed E-state index contributed by atoms with van der Waals surface area (Å²) in [6.07, 6.45) is -1.19. The molecule has 0 saturated heterocycles. The number of hydrogen-bond donors (Lipinski definition) is 2. The van der Waals surface area contributed by atoms with Crippen molar-refractivity contribution < 1.29 is 19.8 Å².